The molecule has 3 nitrogen and oxygen atoms in total. The first-order valence-corrected chi connectivity index (χ1v) is 11.4. The Bertz CT molecular complexity index is 928. The van der Waals surface area contributed by atoms with Crippen molar-refractivity contribution in [1.29, 1.82) is 0 Å². The molecule has 2 N–H and O–H groups in total. The van der Waals surface area contributed by atoms with Gasteiger partial charge < -0.3 is 15.5 Å². The van der Waals surface area contributed by atoms with E-state index in [-0.39, 0.29) is 5.41 Å². The second kappa shape index (κ2) is 7.70. The average Bonchev–Trinajstić information content (AvgIpc) is 3.00. The second-order valence-corrected chi connectivity index (χ2v) is 9.28. The summed E-state index contributed by atoms with van der Waals surface area (Å²) in [4.78, 5) is 2.63. The highest BCUT2D eigenvalue weighted by Crippen LogP contribution is 2.50. The smallest absolute Gasteiger partial charge is 0.0425 e. The first-order valence-electron chi connectivity index (χ1n) is 11.0. The normalized spacial score (nSPS) is 20.1. The van der Waals surface area contributed by atoms with Crippen molar-refractivity contribution in [2.24, 2.45) is 0 Å². The summed E-state index contributed by atoms with van der Waals surface area (Å²) < 4.78 is 0. The van der Waals surface area contributed by atoms with E-state index in [4.69, 9.17) is 11.6 Å². The van der Waals surface area contributed by atoms with Crippen LogP contribution in [0.2, 0.25) is 5.02 Å². The third kappa shape index (κ3) is 3.55. The summed E-state index contributed by atoms with van der Waals surface area (Å²) in [7, 11) is 0. The minimum atomic E-state index is 0.0578. The number of hydrogen-bond donors (Lipinski definition) is 2. The maximum atomic E-state index is 6.30. The van der Waals surface area contributed by atoms with Crippen LogP contribution in [-0.4, -0.2) is 31.1 Å². The number of benzene rings is 2. The van der Waals surface area contributed by atoms with Crippen molar-refractivity contribution < 1.29 is 0 Å². The minimum absolute atomic E-state index is 0.0578. The number of nitrogens with zero attached hydrogens (tertiary/aromatic N) is 1. The highest BCUT2D eigenvalue weighted by molar-refractivity contribution is 6.30. The molecule has 0 unspecified atom stereocenters. The van der Waals surface area contributed by atoms with E-state index in [0.29, 0.717) is 0 Å². The molecule has 2 aromatic carbocycles. The Balaban J connectivity index is 1.17. The summed E-state index contributed by atoms with van der Waals surface area (Å²) in [6, 6.07) is 13.2. The molecule has 152 valence electrons. The molecule has 0 aliphatic carbocycles. The predicted octanol–water partition coefficient (Wildman–Crippen LogP) is 5.60. The zero-order valence-electron chi connectivity index (χ0n) is 17.1. The second-order valence-electron chi connectivity index (χ2n) is 8.84. The first kappa shape index (κ1) is 19.0. The van der Waals surface area contributed by atoms with Crippen molar-refractivity contribution in [3.05, 3.63) is 70.4 Å². The van der Waals surface area contributed by atoms with Gasteiger partial charge in [-0.3, -0.25) is 0 Å². The van der Waals surface area contributed by atoms with E-state index in [2.05, 4.69) is 52.4 Å². The van der Waals surface area contributed by atoms with Gasteiger partial charge in [-0.05, 0) is 99.1 Å². The summed E-state index contributed by atoms with van der Waals surface area (Å²) in [6.45, 7) is 8.90. The van der Waals surface area contributed by atoms with Gasteiger partial charge in [0, 0.05) is 34.1 Å². The van der Waals surface area contributed by atoms with Crippen molar-refractivity contribution in [1.82, 2.24) is 4.90 Å². The van der Waals surface area contributed by atoms with Gasteiger partial charge in [-0.1, -0.05) is 30.3 Å². The number of nitrogens with one attached hydrogen (secondary N) is 2. The van der Waals surface area contributed by atoms with Crippen molar-refractivity contribution in [2.75, 3.05) is 36.8 Å². The fourth-order valence-electron chi connectivity index (χ4n) is 5.39. The van der Waals surface area contributed by atoms with Gasteiger partial charge in [0.1, 0.15) is 0 Å². The number of fused-ring (bicyclic) bond motifs is 3. The van der Waals surface area contributed by atoms with E-state index in [1.54, 1.807) is 0 Å². The van der Waals surface area contributed by atoms with E-state index >= 15 is 0 Å². The molecule has 3 heterocycles. The minimum Gasteiger partial charge on any atom is -0.385 e. The topological polar surface area (TPSA) is 27.3 Å². The van der Waals surface area contributed by atoms with Gasteiger partial charge in [0.15, 0.2) is 0 Å². The Kier molecular flexibility index (Phi) is 5.05. The zero-order valence-corrected chi connectivity index (χ0v) is 17.8. The molecular formula is C25H30ClN3. The van der Waals surface area contributed by atoms with E-state index < -0.39 is 0 Å². The van der Waals surface area contributed by atoms with Crippen LogP contribution in [-0.2, 0) is 18.3 Å². The average molecular weight is 408 g/mol. The van der Waals surface area contributed by atoms with Gasteiger partial charge in [-0.25, -0.2) is 0 Å². The Morgan fingerprint density at radius 2 is 1.90 bits per heavy atom. The Morgan fingerprint density at radius 3 is 2.76 bits per heavy atom. The molecule has 4 heteroatoms. The third-order valence-electron chi connectivity index (χ3n) is 7.12. The summed E-state index contributed by atoms with van der Waals surface area (Å²) in [5, 5.41) is 7.84. The molecular weight excluding hydrogens is 378 g/mol. The van der Waals surface area contributed by atoms with Crippen LogP contribution in [0.5, 0.6) is 0 Å². The molecule has 3 aliphatic heterocycles. The standard InChI is InChI=1S/C25H30ClN3/c1-18-25(22-17-21(26)7-9-24(22)28-18)10-14-29(15-11-25)13-3-4-19-6-8-23-20(16-19)5-2-12-27-23/h6-9,16-17,27-28H,1-5,10-15H2. The van der Waals surface area contributed by atoms with Crippen molar-refractivity contribution in [3.8, 4) is 0 Å². The van der Waals surface area contributed by atoms with Gasteiger partial charge in [0.2, 0.25) is 0 Å². The molecule has 0 radical (unpaired) electrons. The fraction of sp³-hybridized carbons (Fsp3) is 0.440. The van der Waals surface area contributed by atoms with Crippen LogP contribution in [0, 0.1) is 0 Å². The van der Waals surface area contributed by atoms with Crippen molar-refractivity contribution in [3.63, 3.8) is 0 Å². The maximum Gasteiger partial charge on any atom is 0.0425 e. The Hall–Kier alpha value is -1.97. The number of halogens is 1. The lowest BCUT2D eigenvalue weighted by Crippen LogP contribution is -2.43. The van der Waals surface area contributed by atoms with Crippen LogP contribution >= 0.6 is 11.6 Å². The predicted molar refractivity (Wildman–Crippen MR) is 123 cm³/mol. The van der Waals surface area contributed by atoms with Gasteiger partial charge in [0.05, 0.1) is 0 Å². The monoisotopic (exact) mass is 407 g/mol. The number of likely N-dealkylation sites (tertiary alicyclic amines) is 1. The molecule has 2 aromatic rings. The maximum absolute atomic E-state index is 6.30. The molecule has 0 atom stereocenters. The van der Waals surface area contributed by atoms with E-state index in [1.165, 1.54) is 60.3 Å². The number of rotatable bonds is 4. The Labute approximate surface area is 179 Å². The third-order valence-corrected chi connectivity index (χ3v) is 7.35. The van der Waals surface area contributed by atoms with Crippen LogP contribution in [0.15, 0.2) is 48.7 Å². The summed E-state index contributed by atoms with van der Waals surface area (Å²) in [6.07, 6.45) is 7.10. The molecule has 0 aromatic heterocycles. The van der Waals surface area contributed by atoms with Crippen LogP contribution in [0.3, 0.4) is 0 Å². The molecule has 5 rings (SSSR count). The van der Waals surface area contributed by atoms with Crippen LogP contribution in [0.1, 0.15) is 42.4 Å². The summed E-state index contributed by atoms with van der Waals surface area (Å²) in [5.41, 5.74) is 8.06. The van der Waals surface area contributed by atoms with E-state index in [0.717, 1.165) is 43.2 Å². The van der Waals surface area contributed by atoms with Gasteiger partial charge >= 0.3 is 0 Å². The molecule has 0 saturated carbocycles. The lowest BCUT2D eigenvalue weighted by Gasteiger charge is -2.40. The SMILES string of the molecule is C=C1Nc2ccc(Cl)cc2C12CCN(CCCc1ccc3c(c1)CCCN3)CC2. The van der Waals surface area contributed by atoms with Crippen LogP contribution < -0.4 is 10.6 Å². The number of anilines is 2. The highest BCUT2D eigenvalue weighted by Gasteiger charge is 2.44. The number of hydrogen-bond acceptors (Lipinski definition) is 3. The largest absolute Gasteiger partial charge is 0.385 e. The van der Waals surface area contributed by atoms with Crippen molar-refractivity contribution >= 4 is 23.0 Å². The van der Waals surface area contributed by atoms with Crippen LogP contribution in [0.25, 0.3) is 0 Å². The highest BCUT2D eigenvalue weighted by atomic mass is 35.5. The molecule has 29 heavy (non-hydrogen) atoms. The molecule has 1 saturated heterocycles. The lowest BCUT2D eigenvalue weighted by molar-refractivity contribution is 0.179. The molecule has 1 fully saturated rings. The van der Waals surface area contributed by atoms with E-state index in [9.17, 15) is 0 Å². The quantitative estimate of drug-likeness (QED) is 0.690. The molecule has 0 amide bonds. The number of aryl methyl sites for hydroxylation is 2. The molecule has 0 bridgehead atoms. The van der Waals surface area contributed by atoms with Crippen LogP contribution in [0.4, 0.5) is 11.4 Å². The lowest BCUT2D eigenvalue weighted by atomic mass is 9.72. The van der Waals surface area contributed by atoms with E-state index in [1.807, 2.05) is 6.07 Å². The van der Waals surface area contributed by atoms with Gasteiger partial charge in [-0.2, -0.15) is 0 Å². The number of piperidine rings is 1. The Morgan fingerprint density at radius 1 is 1.07 bits per heavy atom. The fourth-order valence-corrected chi connectivity index (χ4v) is 5.56. The molecule has 3 aliphatic rings. The summed E-state index contributed by atoms with van der Waals surface area (Å²) >= 11 is 6.30. The number of allylic oxidation sites excluding steroid dienone is 1. The first-order chi connectivity index (χ1) is 14.1. The zero-order chi connectivity index (χ0) is 19.8. The van der Waals surface area contributed by atoms with Gasteiger partial charge in [-0.15, -0.1) is 0 Å². The van der Waals surface area contributed by atoms with Gasteiger partial charge in [0.25, 0.3) is 0 Å². The summed E-state index contributed by atoms with van der Waals surface area (Å²) in [5.74, 6) is 0. The van der Waals surface area contributed by atoms with Crippen molar-refractivity contribution in [2.45, 2.75) is 43.9 Å². The molecule has 1 spiro atoms.